The second-order valence-electron chi connectivity index (χ2n) is 14.2. The number of nitrogens with one attached hydrogen (secondary N) is 4. The molecular formula is C36H57N9O10. The number of benzene rings is 1. The number of phenols is 1. The first-order valence-corrected chi connectivity index (χ1v) is 18.4. The molecule has 1 aliphatic heterocycles. The second kappa shape index (κ2) is 22.0. The zero-order chi connectivity index (χ0) is 41.4. The van der Waals surface area contributed by atoms with Gasteiger partial charge in [0.15, 0.2) is 5.96 Å². The molecule has 19 nitrogen and oxygen atoms in total. The molecule has 306 valence electrons. The molecule has 0 spiro atoms. The fourth-order valence-electron chi connectivity index (χ4n) is 6.08. The molecule has 0 aromatic heterocycles. The Hall–Kier alpha value is -5.46. The van der Waals surface area contributed by atoms with E-state index in [1.54, 1.807) is 26.0 Å². The van der Waals surface area contributed by atoms with E-state index in [2.05, 4.69) is 26.3 Å². The van der Waals surface area contributed by atoms with Crippen LogP contribution in [0.5, 0.6) is 5.75 Å². The lowest BCUT2D eigenvalue weighted by molar-refractivity contribution is -0.143. The van der Waals surface area contributed by atoms with E-state index in [0.29, 0.717) is 18.4 Å². The average Bonchev–Trinajstić information content (AvgIpc) is 3.61. The molecule has 5 amide bonds. The molecule has 0 saturated carbocycles. The first-order valence-electron chi connectivity index (χ1n) is 18.4. The van der Waals surface area contributed by atoms with Gasteiger partial charge in [0, 0.05) is 19.5 Å². The number of aromatic hydroxyl groups is 1. The zero-order valence-electron chi connectivity index (χ0n) is 31.8. The van der Waals surface area contributed by atoms with Gasteiger partial charge in [-0.25, -0.2) is 4.79 Å². The number of carboxylic acid groups (broad SMARTS) is 2. The van der Waals surface area contributed by atoms with Crippen molar-refractivity contribution in [1.29, 1.82) is 0 Å². The number of carboxylic acids is 2. The van der Waals surface area contributed by atoms with Crippen LogP contribution in [0.2, 0.25) is 0 Å². The summed E-state index contributed by atoms with van der Waals surface area (Å²) in [4.78, 5) is 96.4. The van der Waals surface area contributed by atoms with Gasteiger partial charge in [-0.1, -0.05) is 46.2 Å². The number of likely N-dealkylation sites (tertiary alicyclic amines) is 1. The fourth-order valence-corrected chi connectivity index (χ4v) is 6.08. The van der Waals surface area contributed by atoms with Crippen molar-refractivity contribution in [2.45, 2.75) is 115 Å². The van der Waals surface area contributed by atoms with E-state index < -0.39 is 90.1 Å². The van der Waals surface area contributed by atoms with Gasteiger partial charge in [-0.15, -0.1) is 0 Å². The largest absolute Gasteiger partial charge is 0.508 e. The van der Waals surface area contributed by atoms with Crippen LogP contribution in [0.3, 0.4) is 0 Å². The SMILES string of the molecule is CC[C@H](C)[C@H](NC(=O)[C@H](Cc1ccc(O)cc1)NC(=O)[C@@H]1CCCN1C(=O)[C@H](CCCN=C(N)N)NC(=O)[C@@H](N)CC(=O)O)C(=O)N[C@@H](CC(C)C)C(=O)O. The van der Waals surface area contributed by atoms with Gasteiger partial charge in [0.05, 0.1) is 12.5 Å². The number of nitrogens with two attached hydrogens (primary N) is 3. The Kier molecular flexibility index (Phi) is 18.3. The summed E-state index contributed by atoms with van der Waals surface area (Å²) in [6, 6.07) is -1.46. The van der Waals surface area contributed by atoms with E-state index in [1.165, 1.54) is 17.0 Å². The highest BCUT2D eigenvalue weighted by atomic mass is 16.4. The Bertz CT molecular complexity index is 1530. The molecule has 0 radical (unpaired) electrons. The molecule has 1 aromatic rings. The number of rotatable bonds is 22. The lowest BCUT2D eigenvalue weighted by Crippen LogP contribution is -2.60. The van der Waals surface area contributed by atoms with Crippen LogP contribution in [0.1, 0.15) is 78.2 Å². The molecule has 1 aromatic carbocycles. The number of amides is 5. The van der Waals surface area contributed by atoms with Gasteiger partial charge in [0.1, 0.15) is 36.0 Å². The summed E-state index contributed by atoms with van der Waals surface area (Å²) in [6.45, 7) is 7.40. The van der Waals surface area contributed by atoms with Gasteiger partial charge < -0.3 is 58.7 Å². The van der Waals surface area contributed by atoms with Crippen LogP contribution in [-0.4, -0.2) is 117 Å². The number of aliphatic carboxylic acids is 2. The van der Waals surface area contributed by atoms with Crippen molar-refractivity contribution in [2.75, 3.05) is 13.1 Å². The summed E-state index contributed by atoms with van der Waals surface area (Å²) < 4.78 is 0. The van der Waals surface area contributed by atoms with Gasteiger partial charge in [-0.05, 0) is 61.6 Å². The first kappa shape index (κ1) is 45.7. The number of aliphatic imine (C=N–C) groups is 1. The van der Waals surface area contributed by atoms with Crippen molar-refractivity contribution in [3.05, 3.63) is 29.8 Å². The van der Waals surface area contributed by atoms with Crippen LogP contribution >= 0.6 is 0 Å². The Morgan fingerprint density at radius 3 is 2.09 bits per heavy atom. The summed E-state index contributed by atoms with van der Waals surface area (Å²) in [7, 11) is 0. The summed E-state index contributed by atoms with van der Waals surface area (Å²) >= 11 is 0. The number of carbonyl (C=O) groups is 7. The van der Waals surface area contributed by atoms with E-state index in [4.69, 9.17) is 22.3 Å². The minimum atomic E-state index is -1.45. The molecule has 0 aliphatic carbocycles. The van der Waals surface area contributed by atoms with Crippen molar-refractivity contribution < 1.29 is 48.9 Å². The molecule has 55 heavy (non-hydrogen) atoms. The maximum absolute atomic E-state index is 14.0. The molecule has 19 heteroatoms. The van der Waals surface area contributed by atoms with E-state index >= 15 is 0 Å². The standard InChI is InChI=1S/C36H57N9O10/c1-5-20(4)29(33(52)43-26(35(54)55)16-19(2)3)44-31(50)25(17-21-10-12-22(46)13-11-21)42-32(51)27-9-7-15-45(27)34(53)24(8-6-14-40-36(38)39)41-30(49)23(37)18-28(47)48/h10-13,19-20,23-27,29,46H,5-9,14-18,37H2,1-4H3,(H,41,49)(H,42,51)(H,43,52)(H,44,50)(H,47,48)(H,54,55)(H4,38,39,40)/t20-,23-,24-,25-,26-,27-,29-/m0/s1. The third-order valence-corrected chi connectivity index (χ3v) is 9.25. The number of carbonyl (C=O) groups excluding carboxylic acids is 5. The smallest absolute Gasteiger partial charge is 0.326 e. The van der Waals surface area contributed by atoms with Crippen molar-refractivity contribution in [3.63, 3.8) is 0 Å². The number of hydrogen-bond acceptors (Lipinski definition) is 10. The van der Waals surface area contributed by atoms with Crippen LogP contribution < -0.4 is 38.5 Å². The third-order valence-electron chi connectivity index (χ3n) is 9.25. The molecular weight excluding hydrogens is 718 g/mol. The second-order valence-corrected chi connectivity index (χ2v) is 14.2. The molecule has 13 N–H and O–H groups in total. The van der Waals surface area contributed by atoms with Crippen molar-refractivity contribution >= 4 is 47.4 Å². The lowest BCUT2D eigenvalue weighted by atomic mass is 9.96. The van der Waals surface area contributed by atoms with Crippen molar-refractivity contribution in [3.8, 4) is 5.75 Å². The highest BCUT2D eigenvalue weighted by Gasteiger charge is 2.40. The summed E-state index contributed by atoms with van der Waals surface area (Å²) in [5.41, 5.74) is 17.1. The number of guanidine groups is 1. The van der Waals surface area contributed by atoms with Crippen LogP contribution in [0.15, 0.2) is 29.3 Å². The maximum Gasteiger partial charge on any atom is 0.326 e. The van der Waals surface area contributed by atoms with E-state index in [-0.39, 0.29) is 62.8 Å². The van der Waals surface area contributed by atoms with Crippen LogP contribution in [-0.2, 0) is 40.0 Å². The number of phenolic OH excluding ortho intramolecular Hbond substituents is 1. The van der Waals surface area contributed by atoms with Crippen molar-refractivity contribution in [2.24, 2.45) is 34.0 Å². The van der Waals surface area contributed by atoms with E-state index in [1.807, 2.05) is 13.8 Å². The Balaban J connectivity index is 2.38. The molecule has 0 bridgehead atoms. The molecule has 7 atom stereocenters. The fraction of sp³-hybridized carbons (Fsp3) is 0.611. The minimum absolute atomic E-state index is 0.0246. The van der Waals surface area contributed by atoms with Crippen LogP contribution in [0, 0.1) is 11.8 Å². The highest BCUT2D eigenvalue weighted by molar-refractivity contribution is 5.97. The van der Waals surface area contributed by atoms with E-state index in [0.717, 1.165) is 0 Å². The molecule has 1 heterocycles. The molecule has 1 fully saturated rings. The van der Waals surface area contributed by atoms with Gasteiger partial charge in [0.25, 0.3) is 0 Å². The number of nitrogens with zero attached hydrogens (tertiary/aromatic N) is 2. The molecule has 2 rings (SSSR count). The van der Waals surface area contributed by atoms with Crippen LogP contribution in [0.25, 0.3) is 0 Å². The molecule has 1 saturated heterocycles. The van der Waals surface area contributed by atoms with Gasteiger partial charge in [-0.3, -0.25) is 33.8 Å². The minimum Gasteiger partial charge on any atom is -0.508 e. The quantitative estimate of drug-likeness (QED) is 0.0380. The monoisotopic (exact) mass is 775 g/mol. The first-order chi connectivity index (χ1) is 25.8. The predicted molar refractivity (Wildman–Crippen MR) is 201 cm³/mol. The Morgan fingerprint density at radius 2 is 1.53 bits per heavy atom. The third kappa shape index (κ3) is 15.1. The Labute approximate surface area is 320 Å². The number of hydrogen-bond donors (Lipinski definition) is 10. The van der Waals surface area contributed by atoms with Crippen molar-refractivity contribution in [1.82, 2.24) is 26.2 Å². The Morgan fingerprint density at radius 1 is 0.891 bits per heavy atom. The average molecular weight is 776 g/mol. The highest BCUT2D eigenvalue weighted by Crippen LogP contribution is 2.21. The topological polar surface area (TPSA) is 322 Å². The summed E-state index contributed by atoms with van der Waals surface area (Å²) in [6.07, 6.45) is 0.718. The summed E-state index contributed by atoms with van der Waals surface area (Å²) in [5.74, 6) is -6.87. The normalized spacial score (nSPS) is 17.1. The van der Waals surface area contributed by atoms with Gasteiger partial charge >= 0.3 is 11.9 Å². The summed E-state index contributed by atoms with van der Waals surface area (Å²) in [5, 5.41) is 39.1. The van der Waals surface area contributed by atoms with Gasteiger partial charge in [-0.2, -0.15) is 0 Å². The van der Waals surface area contributed by atoms with Crippen LogP contribution in [0.4, 0.5) is 0 Å². The predicted octanol–water partition coefficient (Wildman–Crippen LogP) is -1.10. The molecule has 1 aliphatic rings. The zero-order valence-corrected chi connectivity index (χ0v) is 31.8. The molecule has 0 unspecified atom stereocenters. The lowest BCUT2D eigenvalue weighted by Gasteiger charge is -2.31. The van der Waals surface area contributed by atoms with Gasteiger partial charge in [0.2, 0.25) is 29.5 Å². The van der Waals surface area contributed by atoms with E-state index in [9.17, 15) is 43.8 Å². The maximum atomic E-state index is 14.0.